The molecular formula is C18H15N3O2S. The van der Waals surface area contributed by atoms with Crippen LogP contribution in [0.3, 0.4) is 0 Å². The van der Waals surface area contributed by atoms with Crippen LogP contribution in [0.15, 0.2) is 59.8 Å². The molecule has 120 valence electrons. The van der Waals surface area contributed by atoms with Gasteiger partial charge >= 0.3 is 0 Å². The molecule has 3 aromatic rings. The Bertz CT molecular complexity index is 875. The fraction of sp³-hybridized carbons (Fsp3) is 0.167. The number of carbonyl (C=O) groups excluding carboxylic acids is 1. The SMILES string of the molecule is COc1ccc(C2CC(=O)n3nc(-c4ccccc4)nc3S2)cc1. The second-order valence-electron chi connectivity index (χ2n) is 5.47. The Morgan fingerprint density at radius 1 is 1.12 bits per heavy atom. The first-order chi connectivity index (χ1) is 11.7. The third-order valence-electron chi connectivity index (χ3n) is 3.94. The van der Waals surface area contributed by atoms with Gasteiger partial charge in [0.1, 0.15) is 5.75 Å². The van der Waals surface area contributed by atoms with Crippen LogP contribution in [0.5, 0.6) is 5.75 Å². The number of carbonyl (C=O) groups is 1. The van der Waals surface area contributed by atoms with Crippen molar-refractivity contribution >= 4 is 17.7 Å². The van der Waals surface area contributed by atoms with Crippen LogP contribution in [0, 0.1) is 0 Å². The molecule has 0 saturated carbocycles. The second kappa shape index (κ2) is 6.13. The summed E-state index contributed by atoms with van der Waals surface area (Å²) in [7, 11) is 1.64. The molecule has 1 atom stereocenters. The second-order valence-corrected chi connectivity index (χ2v) is 6.64. The van der Waals surface area contributed by atoms with Crippen molar-refractivity contribution in [2.75, 3.05) is 7.11 Å². The summed E-state index contributed by atoms with van der Waals surface area (Å²) in [5, 5.41) is 5.06. The van der Waals surface area contributed by atoms with Gasteiger partial charge in [0, 0.05) is 17.2 Å². The average molecular weight is 337 g/mol. The lowest BCUT2D eigenvalue weighted by atomic mass is 10.1. The number of methoxy groups -OCH3 is 1. The van der Waals surface area contributed by atoms with Crippen molar-refractivity contribution in [2.24, 2.45) is 0 Å². The van der Waals surface area contributed by atoms with E-state index in [4.69, 9.17) is 4.74 Å². The van der Waals surface area contributed by atoms with Crippen molar-refractivity contribution in [3.63, 3.8) is 0 Å². The van der Waals surface area contributed by atoms with Gasteiger partial charge in [0.2, 0.25) is 0 Å². The smallest absolute Gasteiger partial charge is 0.250 e. The number of benzene rings is 2. The summed E-state index contributed by atoms with van der Waals surface area (Å²) >= 11 is 1.57. The van der Waals surface area contributed by atoms with Gasteiger partial charge in [-0.2, -0.15) is 4.68 Å². The zero-order valence-corrected chi connectivity index (χ0v) is 13.9. The molecule has 6 heteroatoms. The monoisotopic (exact) mass is 337 g/mol. The topological polar surface area (TPSA) is 57.0 Å². The van der Waals surface area contributed by atoms with Gasteiger partial charge in [0.25, 0.3) is 5.91 Å². The molecule has 2 heterocycles. The summed E-state index contributed by atoms with van der Waals surface area (Å²) in [6.07, 6.45) is 0.404. The minimum absolute atomic E-state index is 0.0285. The molecular weight excluding hydrogens is 322 g/mol. The molecule has 2 aromatic carbocycles. The first-order valence-corrected chi connectivity index (χ1v) is 8.49. The zero-order chi connectivity index (χ0) is 16.5. The molecule has 1 unspecified atom stereocenters. The van der Waals surface area contributed by atoms with E-state index >= 15 is 0 Å². The molecule has 1 aliphatic rings. The highest BCUT2D eigenvalue weighted by Gasteiger charge is 2.30. The summed E-state index contributed by atoms with van der Waals surface area (Å²) in [4.78, 5) is 17.0. The van der Waals surface area contributed by atoms with Crippen molar-refractivity contribution in [3.05, 3.63) is 60.2 Å². The van der Waals surface area contributed by atoms with Crippen LogP contribution in [0.25, 0.3) is 11.4 Å². The van der Waals surface area contributed by atoms with Gasteiger partial charge in [-0.05, 0) is 17.7 Å². The molecule has 0 saturated heterocycles. The lowest BCUT2D eigenvalue weighted by Gasteiger charge is -2.20. The molecule has 0 aliphatic carbocycles. The van der Waals surface area contributed by atoms with Crippen LogP contribution in [-0.2, 0) is 0 Å². The van der Waals surface area contributed by atoms with Crippen LogP contribution < -0.4 is 4.74 Å². The molecule has 0 radical (unpaired) electrons. The van der Waals surface area contributed by atoms with Crippen molar-refractivity contribution in [1.29, 1.82) is 0 Å². The third kappa shape index (κ3) is 2.69. The minimum atomic E-state index is -0.0285. The molecule has 1 aromatic heterocycles. The highest BCUT2D eigenvalue weighted by molar-refractivity contribution is 7.99. The van der Waals surface area contributed by atoms with Gasteiger partial charge < -0.3 is 4.74 Å². The zero-order valence-electron chi connectivity index (χ0n) is 13.0. The van der Waals surface area contributed by atoms with Gasteiger partial charge in [-0.3, -0.25) is 4.79 Å². The highest BCUT2D eigenvalue weighted by Crippen LogP contribution is 2.41. The maximum absolute atomic E-state index is 12.5. The van der Waals surface area contributed by atoms with E-state index in [9.17, 15) is 4.79 Å². The first kappa shape index (κ1) is 15.0. The minimum Gasteiger partial charge on any atom is -0.497 e. The molecule has 0 spiro atoms. The predicted octanol–water partition coefficient (Wildman–Crippen LogP) is 3.83. The summed E-state index contributed by atoms with van der Waals surface area (Å²) in [5.41, 5.74) is 2.00. The number of ether oxygens (including phenoxy) is 1. The molecule has 5 nitrogen and oxygen atoms in total. The Hall–Kier alpha value is -2.60. The first-order valence-electron chi connectivity index (χ1n) is 7.61. The van der Waals surface area contributed by atoms with Gasteiger partial charge in [0.15, 0.2) is 11.0 Å². The Labute approximate surface area is 143 Å². The maximum atomic E-state index is 12.5. The van der Waals surface area contributed by atoms with Crippen LogP contribution in [0.4, 0.5) is 0 Å². The number of hydrogen-bond acceptors (Lipinski definition) is 5. The standard InChI is InChI=1S/C18H15N3O2S/c1-23-14-9-7-12(8-10-14)15-11-16(22)21-18(24-15)19-17(20-21)13-5-3-2-4-6-13/h2-10,15H,11H2,1H3. The van der Waals surface area contributed by atoms with Crippen LogP contribution in [0.1, 0.15) is 22.0 Å². The predicted molar refractivity (Wildman–Crippen MR) is 92.3 cm³/mol. The van der Waals surface area contributed by atoms with Crippen molar-refractivity contribution in [2.45, 2.75) is 16.8 Å². The number of thioether (sulfide) groups is 1. The average Bonchev–Trinajstić information content (AvgIpc) is 3.07. The van der Waals surface area contributed by atoms with Gasteiger partial charge in [-0.1, -0.05) is 54.2 Å². The maximum Gasteiger partial charge on any atom is 0.250 e. The highest BCUT2D eigenvalue weighted by atomic mass is 32.2. The van der Waals surface area contributed by atoms with Crippen molar-refractivity contribution < 1.29 is 9.53 Å². The Morgan fingerprint density at radius 3 is 2.58 bits per heavy atom. The van der Waals surface area contributed by atoms with E-state index in [-0.39, 0.29) is 11.2 Å². The van der Waals surface area contributed by atoms with E-state index < -0.39 is 0 Å². The lowest BCUT2D eigenvalue weighted by molar-refractivity contribution is 0.0868. The summed E-state index contributed by atoms with van der Waals surface area (Å²) in [6.45, 7) is 0. The van der Waals surface area contributed by atoms with Crippen molar-refractivity contribution in [3.8, 4) is 17.1 Å². The largest absolute Gasteiger partial charge is 0.497 e. The van der Waals surface area contributed by atoms with E-state index in [0.717, 1.165) is 16.9 Å². The number of aromatic nitrogens is 3. The molecule has 0 fully saturated rings. The Morgan fingerprint density at radius 2 is 1.88 bits per heavy atom. The molecule has 0 amide bonds. The normalized spacial score (nSPS) is 16.7. The lowest BCUT2D eigenvalue weighted by Crippen LogP contribution is -2.20. The fourth-order valence-electron chi connectivity index (χ4n) is 2.66. The number of fused-ring (bicyclic) bond motifs is 1. The summed E-state index contributed by atoms with van der Waals surface area (Å²) < 4.78 is 6.61. The summed E-state index contributed by atoms with van der Waals surface area (Å²) in [6, 6.07) is 17.5. The van der Waals surface area contributed by atoms with E-state index in [1.54, 1.807) is 18.9 Å². The van der Waals surface area contributed by atoms with Crippen LogP contribution in [-0.4, -0.2) is 27.8 Å². The number of nitrogens with zero attached hydrogens (tertiary/aromatic N) is 3. The van der Waals surface area contributed by atoms with E-state index in [1.165, 1.54) is 4.68 Å². The van der Waals surface area contributed by atoms with E-state index in [1.807, 2.05) is 54.6 Å². The molecule has 0 N–H and O–H groups in total. The van der Waals surface area contributed by atoms with Gasteiger partial charge in [-0.15, -0.1) is 5.10 Å². The van der Waals surface area contributed by atoms with Crippen LogP contribution in [0.2, 0.25) is 0 Å². The molecule has 0 bridgehead atoms. The Kier molecular flexibility index (Phi) is 3.82. The molecule has 24 heavy (non-hydrogen) atoms. The number of rotatable bonds is 3. The summed E-state index contributed by atoms with van der Waals surface area (Å²) in [5.74, 6) is 1.36. The Balaban J connectivity index is 1.64. The number of hydrogen-bond donors (Lipinski definition) is 0. The van der Waals surface area contributed by atoms with E-state index in [2.05, 4.69) is 10.1 Å². The van der Waals surface area contributed by atoms with E-state index in [0.29, 0.717) is 17.4 Å². The quantitative estimate of drug-likeness (QED) is 0.727. The molecule has 4 rings (SSSR count). The van der Waals surface area contributed by atoms with Crippen molar-refractivity contribution in [1.82, 2.24) is 14.8 Å². The van der Waals surface area contributed by atoms with Crippen LogP contribution >= 0.6 is 11.8 Å². The van der Waals surface area contributed by atoms with Gasteiger partial charge in [0.05, 0.1) is 7.11 Å². The molecule has 1 aliphatic heterocycles. The third-order valence-corrected chi connectivity index (χ3v) is 5.14. The van der Waals surface area contributed by atoms with Gasteiger partial charge in [-0.25, -0.2) is 4.98 Å². The fourth-order valence-corrected chi connectivity index (χ4v) is 3.82.